The van der Waals surface area contributed by atoms with Crippen LogP contribution in [0.15, 0.2) is 18.2 Å². The molecule has 0 fully saturated rings. The van der Waals surface area contributed by atoms with E-state index in [-0.39, 0.29) is 11.5 Å². The van der Waals surface area contributed by atoms with Crippen molar-refractivity contribution in [2.45, 2.75) is 5.33 Å². The SMILES string of the molecule is NC(=O)c1n[nH]nc1-c1ccc(F)cc1CBr. The summed E-state index contributed by atoms with van der Waals surface area (Å²) in [6.07, 6.45) is 0. The summed E-state index contributed by atoms with van der Waals surface area (Å²) in [6.45, 7) is 0. The van der Waals surface area contributed by atoms with Crippen LogP contribution in [0.2, 0.25) is 0 Å². The van der Waals surface area contributed by atoms with Gasteiger partial charge in [-0.3, -0.25) is 4.79 Å². The van der Waals surface area contributed by atoms with E-state index >= 15 is 0 Å². The van der Waals surface area contributed by atoms with Gasteiger partial charge in [-0.1, -0.05) is 15.9 Å². The predicted molar refractivity (Wildman–Crippen MR) is 62.9 cm³/mol. The van der Waals surface area contributed by atoms with Gasteiger partial charge in [-0.2, -0.15) is 15.4 Å². The lowest BCUT2D eigenvalue weighted by Gasteiger charge is -2.05. The van der Waals surface area contributed by atoms with Crippen LogP contribution in [0.4, 0.5) is 4.39 Å². The van der Waals surface area contributed by atoms with Crippen LogP contribution in [0.25, 0.3) is 11.3 Å². The maximum Gasteiger partial charge on any atom is 0.271 e. The minimum atomic E-state index is -0.682. The van der Waals surface area contributed by atoms with Crippen molar-refractivity contribution in [3.8, 4) is 11.3 Å². The number of rotatable bonds is 3. The Morgan fingerprint density at radius 3 is 2.88 bits per heavy atom. The molecule has 7 heteroatoms. The summed E-state index contributed by atoms with van der Waals surface area (Å²) in [6, 6.07) is 4.20. The zero-order valence-corrected chi connectivity index (χ0v) is 10.2. The molecule has 0 spiro atoms. The van der Waals surface area contributed by atoms with Crippen molar-refractivity contribution in [1.29, 1.82) is 0 Å². The number of carbonyl (C=O) groups excluding carboxylic acids is 1. The second-order valence-electron chi connectivity index (χ2n) is 3.32. The molecule has 1 aromatic heterocycles. The van der Waals surface area contributed by atoms with Crippen LogP contribution >= 0.6 is 15.9 Å². The second-order valence-corrected chi connectivity index (χ2v) is 3.88. The van der Waals surface area contributed by atoms with Gasteiger partial charge in [0.1, 0.15) is 11.5 Å². The molecule has 0 bridgehead atoms. The summed E-state index contributed by atoms with van der Waals surface area (Å²) in [5, 5.41) is 10.3. The zero-order chi connectivity index (χ0) is 12.4. The summed E-state index contributed by atoms with van der Waals surface area (Å²) >= 11 is 3.25. The van der Waals surface area contributed by atoms with Crippen LogP contribution in [-0.2, 0) is 5.33 Å². The Morgan fingerprint density at radius 2 is 2.24 bits per heavy atom. The first-order valence-corrected chi connectivity index (χ1v) is 5.81. The number of aromatic amines is 1. The van der Waals surface area contributed by atoms with Crippen LogP contribution in [0.3, 0.4) is 0 Å². The number of nitrogens with one attached hydrogen (secondary N) is 1. The molecule has 0 aliphatic heterocycles. The van der Waals surface area contributed by atoms with Crippen LogP contribution in [-0.4, -0.2) is 21.3 Å². The third-order valence-electron chi connectivity index (χ3n) is 2.25. The van der Waals surface area contributed by atoms with Crippen molar-refractivity contribution in [2.24, 2.45) is 5.73 Å². The van der Waals surface area contributed by atoms with Gasteiger partial charge in [0.25, 0.3) is 5.91 Å². The number of nitrogens with zero attached hydrogens (tertiary/aromatic N) is 2. The fourth-order valence-electron chi connectivity index (χ4n) is 1.49. The van der Waals surface area contributed by atoms with Crippen molar-refractivity contribution in [3.05, 3.63) is 35.3 Å². The van der Waals surface area contributed by atoms with E-state index in [2.05, 4.69) is 31.3 Å². The predicted octanol–water partition coefficient (Wildman–Crippen LogP) is 1.60. The number of halogens is 2. The number of primary amides is 1. The molecule has 17 heavy (non-hydrogen) atoms. The van der Waals surface area contributed by atoms with Crippen molar-refractivity contribution < 1.29 is 9.18 Å². The number of alkyl halides is 1. The van der Waals surface area contributed by atoms with Crippen molar-refractivity contribution >= 4 is 21.8 Å². The molecular weight excluding hydrogens is 291 g/mol. The highest BCUT2D eigenvalue weighted by atomic mass is 79.9. The fraction of sp³-hybridized carbons (Fsp3) is 0.100. The van der Waals surface area contributed by atoms with Crippen molar-refractivity contribution in [2.75, 3.05) is 0 Å². The highest BCUT2D eigenvalue weighted by molar-refractivity contribution is 9.08. The molecule has 2 aromatic rings. The monoisotopic (exact) mass is 298 g/mol. The maximum absolute atomic E-state index is 13.1. The molecule has 0 radical (unpaired) electrons. The van der Waals surface area contributed by atoms with E-state index in [4.69, 9.17) is 5.73 Å². The maximum atomic E-state index is 13.1. The number of benzene rings is 1. The minimum absolute atomic E-state index is 0.0406. The summed E-state index contributed by atoms with van der Waals surface area (Å²) in [5.74, 6) is -1.04. The third-order valence-corrected chi connectivity index (χ3v) is 2.85. The Bertz CT molecular complexity index is 569. The van der Waals surface area contributed by atoms with E-state index < -0.39 is 5.91 Å². The van der Waals surface area contributed by atoms with Gasteiger partial charge in [-0.05, 0) is 23.8 Å². The summed E-state index contributed by atoms with van der Waals surface area (Å²) < 4.78 is 13.1. The Kier molecular flexibility index (Phi) is 3.19. The molecule has 1 amide bonds. The topological polar surface area (TPSA) is 84.7 Å². The second kappa shape index (κ2) is 4.62. The lowest BCUT2D eigenvalue weighted by atomic mass is 10.0. The van der Waals surface area contributed by atoms with E-state index in [1.165, 1.54) is 18.2 Å². The molecule has 2 rings (SSSR count). The van der Waals surface area contributed by atoms with Crippen LogP contribution < -0.4 is 5.73 Å². The molecule has 0 unspecified atom stereocenters. The van der Waals surface area contributed by atoms with E-state index in [0.717, 1.165) is 0 Å². The van der Waals surface area contributed by atoms with Gasteiger partial charge in [-0.25, -0.2) is 4.39 Å². The molecule has 1 aromatic carbocycles. The molecular formula is C10H8BrFN4O. The van der Waals surface area contributed by atoms with E-state index in [9.17, 15) is 9.18 Å². The molecule has 1 heterocycles. The first-order valence-electron chi connectivity index (χ1n) is 4.69. The number of nitrogens with two attached hydrogens (primary N) is 1. The lowest BCUT2D eigenvalue weighted by Crippen LogP contribution is -2.13. The van der Waals surface area contributed by atoms with E-state index in [1.54, 1.807) is 0 Å². The fourth-order valence-corrected chi connectivity index (χ4v) is 1.96. The number of aromatic nitrogens is 3. The van der Waals surface area contributed by atoms with Gasteiger partial charge in [0.05, 0.1) is 0 Å². The molecule has 0 saturated carbocycles. The first kappa shape index (κ1) is 11.7. The normalized spacial score (nSPS) is 10.5. The van der Waals surface area contributed by atoms with Crippen molar-refractivity contribution in [3.63, 3.8) is 0 Å². The standard InChI is InChI=1S/C10H8BrFN4O/c11-4-5-3-6(12)1-2-7(5)8-9(10(13)17)15-16-14-8/h1-3H,4H2,(H2,13,17)(H,14,15,16). The Balaban J connectivity index is 2.60. The third kappa shape index (κ3) is 2.19. The van der Waals surface area contributed by atoms with Gasteiger partial charge in [0.15, 0.2) is 5.69 Å². The average molecular weight is 299 g/mol. The van der Waals surface area contributed by atoms with Crippen molar-refractivity contribution in [1.82, 2.24) is 15.4 Å². The molecule has 88 valence electrons. The number of hydrogen-bond acceptors (Lipinski definition) is 3. The van der Waals surface area contributed by atoms with Gasteiger partial charge in [0.2, 0.25) is 0 Å². The smallest absolute Gasteiger partial charge is 0.271 e. The number of hydrogen-bond donors (Lipinski definition) is 2. The highest BCUT2D eigenvalue weighted by Crippen LogP contribution is 2.26. The lowest BCUT2D eigenvalue weighted by molar-refractivity contribution is 0.0996. The number of H-pyrrole nitrogens is 1. The molecule has 3 N–H and O–H groups in total. The number of amides is 1. The van der Waals surface area contributed by atoms with Gasteiger partial charge >= 0.3 is 0 Å². The van der Waals surface area contributed by atoms with Gasteiger partial charge < -0.3 is 5.73 Å². The number of carbonyl (C=O) groups is 1. The van der Waals surface area contributed by atoms with E-state index in [0.29, 0.717) is 22.2 Å². The van der Waals surface area contributed by atoms with Gasteiger partial charge in [-0.15, -0.1) is 0 Å². The highest BCUT2D eigenvalue weighted by Gasteiger charge is 2.17. The molecule has 0 aliphatic rings. The Hall–Kier alpha value is -1.76. The Labute approximate surface area is 104 Å². The van der Waals surface area contributed by atoms with Crippen LogP contribution in [0.5, 0.6) is 0 Å². The quantitative estimate of drug-likeness (QED) is 0.844. The van der Waals surface area contributed by atoms with Crippen LogP contribution in [0, 0.1) is 5.82 Å². The van der Waals surface area contributed by atoms with E-state index in [1.807, 2.05) is 0 Å². The molecule has 0 aliphatic carbocycles. The molecule has 0 saturated heterocycles. The van der Waals surface area contributed by atoms with Crippen LogP contribution in [0.1, 0.15) is 16.1 Å². The summed E-state index contributed by atoms with van der Waals surface area (Å²) in [5.41, 5.74) is 6.82. The first-order chi connectivity index (χ1) is 8.13. The zero-order valence-electron chi connectivity index (χ0n) is 8.58. The van der Waals surface area contributed by atoms with Gasteiger partial charge in [0, 0.05) is 10.9 Å². The summed E-state index contributed by atoms with van der Waals surface area (Å²) in [4.78, 5) is 11.1. The average Bonchev–Trinajstić information content (AvgIpc) is 2.77. The molecule has 5 nitrogen and oxygen atoms in total. The largest absolute Gasteiger partial charge is 0.364 e. The molecule has 0 atom stereocenters. The minimum Gasteiger partial charge on any atom is -0.364 e. The Morgan fingerprint density at radius 1 is 1.47 bits per heavy atom. The summed E-state index contributed by atoms with van der Waals surface area (Å²) in [7, 11) is 0.